The molecule has 15 nitrogen and oxygen atoms in total. The summed E-state index contributed by atoms with van der Waals surface area (Å²) in [6, 6.07) is 6.79. The Bertz CT molecular complexity index is 1340. The molecule has 0 saturated carbocycles. The lowest BCUT2D eigenvalue weighted by Gasteiger charge is -2.40. The molecule has 2 fully saturated rings. The number of aliphatic hydroxyl groups is 8. The van der Waals surface area contributed by atoms with Gasteiger partial charge in [-0.05, 0) is 35.7 Å². The van der Waals surface area contributed by atoms with Gasteiger partial charge < -0.3 is 64.9 Å². The van der Waals surface area contributed by atoms with E-state index in [0.29, 0.717) is 5.56 Å². The van der Waals surface area contributed by atoms with Crippen LogP contribution in [0.15, 0.2) is 30.3 Å². The topological polar surface area (TPSA) is 253 Å². The third kappa shape index (κ3) is 5.24. The number of hydrogen-bond donors (Lipinski definition) is 9. The maximum Gasteiger partial charge on any atom is 0.335 e. The fourth-order valence-electron chi connectivity index (χ4n) is 5.28. The molecule has 1 aliphatic carbocycles. The van der Waals surface area contributed by atoms with Crippen LogP contribution in [-0.4, -0.2) is 132 Å². The molecule has 2 aliphatic heterocycles. The van der Waals surface area contributed by atoms with E-state index in [4.69, 9.17) is 18.9 Å². The minimum atomic E-state index is -1.84. The van der Waals surface area contributed by atoms with Gasteiger partial charge in [0.05, 0.1) is 29.9 Å². The number of aromatic carboxylic acids is 1. The van der Waals surface area contributed by atoms with Gasteiger partial charge in [0, 0.05) is 0 Å². The Labute approximate surface area is 237 Å². The molecule has 2 heterocycles. The van der Waals surface area contributed by atoms with Crippen molar-refractivity contribution >= 4 is 11.8 Å². The van der Waals surface area contributed by atoms with Crippen LogP contribution in [0.5, 0.6) is 11.5 Å². The Balaban J connectivity index is 1.52. The molecular formula is C27H30O15. The van der Waals surface area contributed by atoms with Crippen LogP contribution in [0.2, 0.25) is 0 Å². The van der Waals surface area contributed by atoms with Crippen molar-refractivity contribution < 1.29 is 74.5 Å². The van der Waals surface area contributed by atoms with E-state index in [9.17, 15) is 55.5 Å². The lowest BCUT2D eigenvalue weighted by atomic mass is 9.83. The third-order valence-corrected chi connectivity index (χ3v) is 7.56. The van der Waals surface area contributed by atoms with E-state index in [2.05, 4.69) is 0 Å². The number of aliphatic hydroxyl groups excluding tert-OH is 8. The molecular weight excluding hydrogens is 564 g/mol. The number of hydrogen-bond acceptors (Lipinski definition) is 14. The number of carboxylic acids is 1. The molecule has 9 N–H and O–H groups in total. The fraction of sp³-hybridized carbons (Fsp3) is 0.481. The Hall–Kier alpha value is -3.22. The molecule has 10 atom stereocenters. The van der Waals surface area contributed by atoms with Crippen LogP contribution in [0.4, 0.5) is 0 Å². The highest BCUT2D eigenvalue weighted by Gasteiger charge is 2.47. The van der Waals surface area contributed by atoms with Crippen LogP contribution < -0.4 is 9.47 Å². The number of fused-ring (bicyclic) bond motifs is 2. The first-order chi connectivity index (χ1) is 20.0. The van der Waals surface area contributed by atoms with Crippen LogP contribution in [0.3, 0.4) is 0 Å². The van der Waals surface area contributed by atoms with Crippen molar-refractivity contribution in [1.29, 1.82) is 0 Å². The monoisotopic (exact) mass is 594 g/mol. The van der Waals surface area contributed by atoms with Crippen molar-refractivity contribution in [3.05, 3.63) is 58.1 Å². The summed E-state index contributed by atoms with van der Waals surface area (Å²) in [5.74, 6) is -2.52. The first-order valence-corrected chi connectivity index (χ1v) is 13.0. The predicted molar refractivity (Wildman–Crippen MR) is 135 cm³/mol. The van der Waals surface area contributed by atoms with Crippen molar-refractivity contribution in [3.8, 4) is 11.5 Å². The highest BCUT2D eigenvalue weighted by molar-refractivity contribution is 6.16. The lowest BCUT2D eigenvalue weighted by Crippen LogP contribution is -2.60. The zero-order valence-electron chi connectivity index (χ0n) is 21.8. The molecule has 2 saturated heterocycles. The first-order valence-electron chi connectivity index (χ1n) is 13.0. The largest absolute Gasteiger partial charge is 0.478 e. The van der Waals surface area contributed by atoms with Gasteiger partial charge in [-0.25, -0.2) is 4.79 Å². The van der Waals surface area contributed by atoms with Crippen LogP contribution in [0.25, 0.3) is 0 Å². The summed E-state index contributed by atoms with van der Waals surface area (Å²) in [6.07, 6.45) is -16.3. The average molecular weight is 595 g/mol. The smallest absolute Gasteiger partial charge is 0.335 e. The highest BCUT2D eigenvalue weighted by atomic mass is 16.7. The van der Waals surface area contributed by atoms with Gasteiger partial charge in [-0.3, -0.25) is 4.79 Å². The van der Waals surface area contributed by atoms with Crippen LogP contribution in [0, 0.1) is 0 Å². The SMILES string of the molecule is O=C(O)c1cc2c(c(O[C@@H]3O[C@H](CO)[C@@H](O)[C@H](O)[C@H]3O)c1)C(=O)c1c(cccc1O[C@@H]1O[C@H](CO)[C@@H](O)[C@H](O)[C@H]1O)C2. The zero-order valence-corrected chi connectivity index (χ0v) is 21.8. The van der Waals surface area contributed by atoms with Crippen molar-refractivity contribution in [1.82, 2.24) is 0 Å². The molecule has 0 aromatic heterocycles. The van der Waals surface area contributed by atoms with Crippen LogP contribution in [0.1, 0.15) is 37.4 Å². The molecule has 2 aromatic carbocycles. The lowest BCUT2D eigenvalue weighted by molar-refractivity contribution is -0.277. The second-order valence-electron chi connectivity index (χ2n) is 10.2. The maximum absolute atomic E-state index is 14.0. The second-order valence-corrected chi connectivity index (χ2v) is 10.2. The number of ketones is 1. The van der Waals surface area contributed by atoms with Gasteiger partial charge in [-0.15, -0.1) is 0 Å². The van der Waals surface area contributed by atoms with Crippen molar-refractivity contribution in [3.63, 3.8) is 0 Å². The minimum Gasteiger partial charge on any atom is -0.478 e. The Morgan fingerprint density at radius 3 is 1.79 bits per heavy atom. The summed E-state index contributed by atoms with van der Waals surface area (Å²) in [4.78, 5) is 25.9. The molecule has 0 spiro atoms. The van der Waals surface area contributed by atoms with E-state index < -0.39 is 86.4 Å². The van der Waals surface area contributed by atoms with Gasteiger partial charge in [0.25, 0.3) is 0 Å². The number of ether oxygens (including phenoxy) is 4. The van der Waals surface area contributed by atoms with Gasteiger partial charge in [-0.2, -0.15) is 0 Å². The summed E-state index contributed by atoms with van der Waals surface area (Å²) in [6.45, 7) is -1.45. The molecule has 228 valence electrons. The first kappa shape index (κ1) is 30.2. The number of carbonyl (C=O) groups excluding carboxylic acids is 1. The highest BCUT2D eigenvalue weighted by Crippen LogP contribution is 2.40. The van der Waals surface area contributed by atoms with Gasteiger partial charge in [0.1, 0.15) is 60.3 Å². The third-order valence-electron chi connectivity index (χ3n) is 7.56. The van der Waals surface area contributed by atoms with E-state index >= 15 is 0 Å². The zero-order chi connectivity index (χ0) is 30.5. The van der Waals surface area contributed by atoms with Gasteiger partial charge in [0.2, 0.25) is 18.4 Å². The second kappa shape index (κ2) is 11.8. The van der Waals surface area contributed by atoms with Gasteiger partial charge in [-0.1, -0.05) is 12.1 Å². The van der Waals surface area contributed by atoms with E-state index in [1.165, 1.54) is 18.2 Å². The summed E-state index contributed by atoms with van der Waals surface area (Å²) >= 11 is 0. The van der Waals surface area contributed by atoms with Crippen molar-refractivity contribution in [2.24, 2.45) is 0 Å². The van der Waals surface area contributed by atoms with E-state index in [1.807, 2.05) is 0 Å². The van der Waals surface area contributed by atoms with Gasteiger partial charge >= 0.3 is 5.97 Å². The van der Waals surface area contributed by atoms with E-state index in [0.717, 1.165) is 6.07 Å². The van der Waals surface area contributed by atoms with E-state index in [-0.39, 0.29) is 40.2 Å². The minimum absolute atomic E-state index is 0.00838. The molecule has 0 unspecified atom stereocenters. The molecule has 5 rings (SSSR count). The molecule has 2 aromatic rings. The van der Waals surface area contributed by atoms with Crippen LogP contribution >= 0.6 is 0 Å². The summed E-state index contributed by atoms with van der Waals surface area (Å²) < 4.78 is 22.3. The number of carbonyl (C=O) groups is 2. The van der Waals surface area contributed by atoms with Crippen molar-refractivity contribution in [2.45, 2.75) is 67.8 Å². The average Bonchev–Trinajstić information content (AvgIpc) is 2.97. The normalized spacial score (nSPS) is 34.3. The molecule has 3 aliphatic rings. The molecule has 0 amide bonds. The molecule has 0 bridgehead atoms. The maximum atomic E-state index is 14.0. The Kier molecular flexibility index (Phi) is 8.51. The van der Waals surface area contributed by atoms with E-state index in [1.54, 1.807) is 6.07 Å². The summed E-state index contributed by atoms with van der Waals surface area (Å²) in [5.41, 5.74) is 0.212. The van der Waals surface area contributed by atoms with Crippen LogP contribution in [-0.2, 0) is 15.9 Å². The summed E-state index contributed by atoms with van der Waals surface area (Å²) in [7, 11) is 0. The standard InChI is InChI=1S/C27H30O15/c28-7-14-18(30)21(33)23(35)26(41-14)39-12-3-1-2-9-4-10-5-11(25(37)38)6-13(17(10)20(32)16(9)12)40-27-24(36)22(34)19(31)15(8-29)42-27/h1-3,5-6,14-15,18-19,21-24,26-31,33-36H,4,7-8H2,(H,37,38)/t14-,15-,18-,19-,21+,22+,23-,24-,26-,27-/m1/s1. The number of carboxylic acid groups (broad SMARTS) is 1. The Morgan fingerprint density at radius 2 is 1.26 bits per heavy atom. The fourth-order valence-corrected chi connectivity index (χ4v) is 5.28. The molecule has 15 heteroatoms. The molecule has 0 radical (unpaired) electrons. The quantitative estimate of drug-likeness (QED) is 0.131. The Morgan fingerprint density at radius 1 is 0.738 bits per heavy atom. The van der Waals surface area contributed by atoms with Gasteiger partial charge in [0.15, 0.2) is 0 Å². The van der Waals surface area contributed by atoms with Crippen molar-refractivity contribution in [2.75, 3.05) is 13.2 Å². The number of rotatable bonds is 7. The predicted octanol–water partition coefficient (Wildman–Crippen LogP) is -3.12. The number of benzene rings is 2. The molecule has 42 heavy (non-hydrogen) atoms. The summed E-state index contributed by atoms with van der Waals surface area (Å²) in [5, 5.41) is 90.0.